The van der Waals surface area contributed by atoms with E-state index in [0.717, 1.165) is 0 Å². The van der Waals surface area contributed by atoms with Crippen LogP contribution in [0.15, 0.2) is 72.9 Å². The van der Waals surface area contributed by atoms with Crippen molar-refractivity contribution in [1.82, 2.24) is 0 Å². The van der Waals surface area contributed by atoms with Crippen LogP contribution in [0.1, 0.15) is 168 Å². The first-order valence-corrected chi connectivity index (χ1v) is 14.5. The Bertz CT molecular complexity index is 388. The van der Waals surface area contributed by atoms with Gasteiger partial charge in [0.15, 0.2) is 0 Å². The molecule has 0 N–H and O–H groups in total. The molecule has 0 nitrogen and oxygen atoms in total. The van der Waals surface area contributed by atoms with Crippen LogP contribution in [-0.4, -0.2) is 0 Å². The molecule has 0 spiro atoms. The standard InChI is InChI=1S/6C6H12.CH4/c6*1-4-5-6(2)3;/h6*2,4-5H2,1,3H3;1H4. The normalized spacial score (nSPS) is 8.11. The Morgan fingerprint density at radius 1 is 0.297 bits per heavy atom. The third kappa shape index (κ3) is 134. The molecule has 0 aliphatic rings. The number of allylic oxidation sites excluding steroid dienone is 6. The van der Waals surface area contributed by atoms with Gasteiger partial charge in [0.2, 0.25) is 0 Å². The van der Waals surface area contributed by atoms with Crippen LogP contribution >= 0.6 is 0 Å². The highest BCUT2D eigenvalue weighted by Gasteiger charge is 1.78. The molecular weight excluding hydrogens is 444 g/mol. The predicted molar refractivity (Wildman–Crippen MR) is 185 cm³/mol. The third-order valence-electron chi connectivity index (χ3n) is 4.06. The van der Waals surface area contributed by atoms with Crippen LogP contribution in [0.3, 0.4) is 0 Å². The highest BCUT2D eigenvalue weighted by Crippen LogP contribution is 1.99. The summed E-state index contributed by atoms with van der Waals surface area (Å²) in [7, 11) is 0. The average molecular weight is 521 g/mol. The van der Waals surface area contributed by atoms with E-state index in [1.54, 1.807) is 0 Å². The molecule has 0 aliphatic heterocycles. The number of rotatable bonds is 12. The van der Waals surface area contributed by atoms with Gasteiger partial charge < -0.3 is 0 Å². The lowest BCUT2D eigenvalue weighted by Crippen LogP contribution is -1.66. The van der Waals surface area contributed by atoms with Gasteiger partial charge in [-0.05, 0) is 80.1 Å². The fourth-order valence-corrected chi connectivity index (χ4v) is 2.56. The summed E-state index contributed by atoms with van der Waals surface area (Å²) in [5.41, 5.74) is 7.74. The van der Waals surface area contributed by atoms with Gasteiger partial charge in [0.1, 0.15) is 0 Å². The highest BCUT2D eigenvalue weighted by atomic mass is 13.9. The molecule has 0 saturated carbocycles. The van der Waals surface area contributed by atoms with Gasteiger partial charge in [-0.3, -0.25) is 0 Å². The highest BCUT2D eigenvalue weighted by molar-refractivity contribution is 4.88. The molecular formula is C37H76. The van der Waals surface area contributed by atoms with Crippen molar-refractivity contribution in [2.75, 3.05) is 0 Å². The Hall–Kier alpha value is -1.56. The topological polar surface area (TPSA) is 0 Å². The van der Waals surface area contributed by atoms with Gasteiger partial charge in [0.05, 0.1) is 0 Å². The maximum absolute atomic E-state index is 3.74. The second kappa shape index (κ2) is 47.6. The first-order valence-electron chi connectivity index (χ1n) is 14.5. The van der Waals surface area contributed by atoms with Crippen LogP contribution in [0.2, 0.25) is 0 Å². The summed E-state index contributed by atoms with van der Waals surface area (Å²) in [6.45, 7) is 47.8. The van der Waals surface area contributed by atoms with Gasteiger partial charge in [-0.15, -0.1) is 39.5 Å². The molecule has 0 aromatic carbocycles. The molecule has 0 amide bonds. The van der Waals surface area contributed by atoms with Gasteiger partial charge in [-0.25, -0.2) is 0 Å². The van der Waals surface area contributed by atoms with Crippen molar-refractivity contribution in [2.24, 2.45) is 0 Å². The van der Waals surface area contributed by atoms with Gasteiger partial charge in [-0.2, -0.15) is 0 Å². The van der Waals surface area contributed by atoms with E-state index in [2.05, 4.69) is 123 Å². The Morgan fingerprint density at radius 3 is 0.378 bits per heavy atom. The van der Waals surface area contributed by atoms with Crippen molar-refractivity contribution in [3.05, 3.63) is 72.9 Å². The van der Waals surface area contributed by atoms with Crippen LogP contribution in [0.4, 0.5) is 0 Å². The maximum Gasteiger partial charge on any atom is -0.0328 e. The number of hydrogen-bond donors (Lipinski definition) is 0. The number of hydrogen-bond acceptors (Lipinski definition) is 0. The monoisotopic (exact) mass is 521 g/mol. The van der Waals surface area contributed by atoms with E-state index < -0.39 is 0 Å². The molecule has 0 bridgehead atoms. The molecule has 37 heavy (non-hydrogen) atoms. The summed E-state index contributed by atoms with van der Waals surface area (Å²) in [6.07, 6.45) is 14.5. The van der Waals surface area contributed by atoms with Gasteiger partial charge >= 0.3 is 0 Å². The summed E-state index contributed by atoms with van der Waals surface area (Å²) in [5.74, 6) is 0. The Balaban J connectivity index is -0.0000000581. The van der Waals surface area contributed by atoms with E-state index in [-0.39, 0.29) is 7.43 Å². The molecule has 0 radical (unpaired) electrons. The van der Waals surface area contributed by atoms with Crippen molar-refractivity contribution >= 4 is 0 Å². The lowest BCUT2D eigenvalue weighted by molar-refractivity contribution is 0.909. The molecule has 0 unspecified atom stereocenters. The summed E-state index contributed by atoms with van der Waals surface area (Å²) in [6, 6.07) is 0. The first-order chi connectivity index (χ1) is 16.6. The summed E-state index contributed by atoms with van der Waals surface area (Å²) >= 11 is 0. The van der Waals surface area contributed by atoms with Crippen molar-refractivity contribution in [1.29, 1.82) is 0 Å². The van der Waals surface area contributed by atoms with E-state index in [0.29, 0.717) is 0 Å². The maximum atomic E-state index is 3.74. The fraction of sp³-hybridized carbons (Fsp3) is 0.676. The molecule has 0 fully saturated rings. The largest absolute Gasteiger partial charge is 0.100 e. The zero-order chi connectivity index (χ0) is 29.9. The molecule has 0 aliphatic carbocycles. The Morgan fingerprint density at radius 2 is 0.378 bits per heavy atom. The lowest BCUT2D eigenvalue weighted by Gasteiger charge is -1.87. The van der Waals surface area contributed by atoms with E-state index in [1.165, 1.54) is 110 Å². The van der Waals surface area contributed by atoms with Gasteiger partial charge in [0, 0.05) is 0 Å². The van der Waals surface area contributed by atoms with Crippen LogP contribution in [0.25, 0.3) is 0 Å². The summed E-state index contributed by atoms with van der Waals surface area (Å²) in [5, 5.41) is 0. The zero-order valence-corrected chi connectivity index (χ0v) is 27.7. The molecule has 0 aromatic rings. The molecule has 0 atom stereocenters. The first kappa shape index (κ1) is 52.0. The van der Waals surface area contributed by atoms with Crippen LogP contribution in [0.5, 0.6) is 0 Å². The lowest BCUT2D eigenvalue weighted by atomic mass is 10.2. The van der Waals surface area contributed by atoms with E-state index in [9.17, 15) is 0 Å². The van der Waals surface area contributed by atoms with Gasteiger partial charge in [-0.1, -0.05) is 121 Å². The molecule has 0 heteroatoms. The molecule has 0 saturated heterocycles. The molecule has 224 valence electrons. The smallest absolute Gasteiger partial charge is 0.0328 e. The van der Waals surface area contributed by atoms with Crippen molar-refractivity contribution < 1.29 is 0 Å². The van der Waals surface area contributed by atoms with E-state index in [4.69, 9.17) is 0 Å². The average Bonchev–Trinajstić information content (AvgIpc) is 2.69. The minimum Gasteiger partial charge on any atom is -0.100 e. The quantitative estimate of drug-likeness (QED) is 0.224. The SMILES string of the molecule is C.C=C(C)CCC.C=C(C)CCC.C=C(C)CCC.C=C(C)CCC.C=C(C)CCC.C=C(C)CCC. The minimum absolute atomic E-state index is 0. The van der Waals surface area contributed by atoms with E-state index in [1.807, 2.05) is 0 Å². The van der Waals surface area contributed by atoms with Crippen molar-refractivity contribution in [3.63, 3.8) is 0 Å². The summed E-state index contributed by atoms with van der Waals surface area (Å²) < 4.78 is 0. The zero-order valence-electron chi connectivity index (χ0n) is 27.7. The second-order valence-corrected chi connectivity index (χ2v) is 10.2. The Kier molecular flexibility index (Phi) is 66.9. The molecule has 0 heterocycles. The van der Waals surface area contributed by atoms with Gasteiger partial charge in [0.25, 0.3) is 0 Å². The minimum atomic E-state index is 0. The van der Waals surface area contributed by atoms with Crippen LogP contribution in [0, 0.1) is 0 Å². The fourth-order valence-electron chi connectivity index (χ4n) is 2.56. The van der Waals surface area contributed by atoms with Crippen LogP contribution in [-0.2, 0) is 0 Å². The third-order valence-corrected chi connectivity index (χ3v) is 4.06. The Labute approximate surface area is 240 Å². The molecule has 0 aromatic heterocycles. The second-order valence-electron chi connectivity index (χ2n) is 10.2. The van der Waals surface area contributed by atoms with Crippen LogP contribution < -0.4 is 0 Å². The molecule has 0 rings (SSSR count). The predicted octanol–water partition coefficient (Wildman–Crippen LogP) is 14.8. The van der Waals surface area contributed by atoms with E-state index >= 15 is 0 Å². The van der Waals surface area contributed by atoms with Crippen molar-refractivity contribution in [3.8, 4) is 0 Å². The summed E-state index contributed by atoms with van der Waals surface area (Å²) in [4.78, 5) is 0. The van der Waals surface area contributed by atoms with Crippen molar-refractivity contribution in [2.45, 2.75) is 168 Å².